The summed E-state index contributed by atoms with van der Waals surface area (Å²) in [6, 6.07) is 4.99. The van der Waals surface area contributed by atoms with Gasteiger partial charge in [0.15, 0.2) is 5.65 Å². The van der Waals surface area contributed by atoms with Crippen molar-refractivity contribution < 1.29 is 4.74 Å². The van der Waals surface area contributed by atoms with E-state index in [-0.39, 0.29) is 0 Å². The van der Waals surface area contributed by atoms with Gasteiger partial charge in [0.25, 0.3) is 0 Å². The van der Waals surface area contributed by atoms with E-state index < -0.39 is 0 Å². The summed E-state index contributed by atoms with van der Waals surface area (Å²) in [4.78, 5) is 15.6. The summed E-state index contributed by atoms with van der Waals surface area (Å²) in [5, 5.41) is 4.74. The molecule has 6 rings (SSSR count). The summed E-state index contributed by atoms with van der Waals surface area (Å²) in [5.41, 5.74) is 9.93. The number of likely N-dealkylation sites (tertiary alicyclic amines) is 1. The third kappa shape index (κ3) is 4.35. The first-order valence-electron chi connectivity index (χ1n) is 13.4. The van der Waals surface area contributed by atoms with Crippen molar-refractivity contribution in [3.05, 3.63) is 53.6 Å². The molecule has 0 spiro atoms. The second-order valence-corrected chi connectivity index (χ2v) is 10.5. The molecule has 2 aliphatic heterocycles. The Morgan fingerprint density at radius 2 is 1.86 bits per heavy atom. The van der Waals surface area contributed by atoms with Crippen molar-refractivity contribution in [2.24, 2.45) is 0 Å². The second-order valence-electron chi connectivity index (χ2n) is 10.5. The van der Waals surface area contributed by atoms with Crippen molar-refractivity contribution in [3.8, 4) is 22.4 Å². The second kappa shape index (κ2) is 9.79. The number of aryl methyl sites for hydroxylation is 2. The Kier molecular flexibility index (Phi) is 6.36. The van der Waals surface area contributed by atoms with Crippen LogP contribution in [0.4, 0.5) is 0 Å². The number of rotatable bonds is 5. The van der Waals surface area contributed by atoms with Crippen LogP contribution < -0.4 is 0 Å². The van der Waals surface area contributed by atoms with Crippen LogP contribution in [0.3, 0.4) is 0 Å². The molecular formula is C29H36N6O. The van der Waals surface area contributed by atoms with Crippen LogP contribution in [-0.2, 0) is 4.74 Å². The van der Waals surface area contributed by atoms with Crippen molar-refractivity contribution in [1.29, 1.82) is 0 Å². The number of ether oxygens (including phenoxy) is 1. The van der Waals surface area contributed by atoms with E-state index in [1.165, 1.54) is 23.1 Å². The number of aromatic amines is 1. The maximum atomic E-state index is 5.77. The highest BCUT2D eigenvalue weighted by Gasteiger charge is 2.22. The number of fused-ring (bicyclic) bond motifs is 1. The summed E-state index contributed by atoms with van der Waals surface area (Å²) >= 11 is 0. The van der Waals surface area contributed by atoms with Crippen LogP contribution in [0, 0.1) is 13.8 Å². The highest BCUT2D eigenvalue weighted by molar-refractivity contribution is 5.91. The molecule has 0 aliphatic carbocycles. The van der Waals surface area contributed by atoms with Crippen molar-refractivity contribution in [2.75, 3.05) is 32.8 Å². The molecule has 188 valence electrons. The van der Waals surface area contributed by atoms with Gasteiger partial charge in [-0.2, -0.15) is 5.10 Å². The Morgan fingerprint density at radius 1 is 1.06 bits per heavy atom. The molecule has 3 aromatic heterocycles. The summed E-state index contributed by atoms with van der Waals surface area (Å²) < 4.78 is 7.92. The number of nitrogens with zero attached hydrogens (tertiary/aromatic N) is 5. The fraction of sp³-hybridized carbons (Fsp3) is 0.483. The van der Waals surface area contributed by atoms with Crippen molar-refractivity contribution in [3.63, 3.8) is 0 Å². The molecule has 7 nitrogen and oxygen atoms in total. The minimum Gasteiger partial charge on any atom is -0.381 e. The first-order valence-corrected chi connectivity index (χ1v) is 13.4. The van der Waals surface area contributed by atoms with Gasteiger partial charge in [0.05, 0.1) is 30.7 Å². The van der Waals surface area contributed by atoms with E-state index in [9.17, 15) is 0 Å². The van der Waals surface area contributed by atoms with E-state index in [1.54, 1.807) is 0 Å². The molecule has 2 saturated heterocycles. The number of H-pyrrole nitrogens is 1. The Morgan fingerprint density at radius 3 is 2.58 bits per heavy atom. The zero-order valence-electron chi connectivity index (χ0n) is 21.6. The van der Waals surface area contributed by atoms with E-state index in [1.807, 2.05) is 18.6 Å². The molecule has 1 N–H and O–H groups in total. The number of hydrogen-bond donors (Lipinski definition) is 1. The highest BCUT2D eigenvalue weighted by Crippen LogP contribution is 2.35. The highest BCUT2D eigenvalue weighted by atomic mass is 16.5. The quantitative estimate of drug-likeness (QED) is 0.396. The standard InChI is InChI=1S/C29H36N6O/c1-4-34-9-7-24(8-10-34)35-17-23(14-32-35)25-15-30-29-28(25)33-26(16-31-29)22-12-19(2)27(20(3)13-22)21-6-5-11-36-18-21/h12-17,21,24H,4-11,18H2,1-3H3,(H,30,31). The molecule has 5 heterocycles. The Labute approximate surface area is 212 Å². The van der Waals surface area contributed by atoms with Gasteiger partial charge in [-0.25, -0.2) is 9.97 Å². The van der Waals surface area contributed by atoms with Gasteiger partial charge in [0.1, 0.15) is 5.52 Å². The molecule has 2 aliphatic rings. The van der Waals surface area contributed by atoms with E-state index >= 15 is 0 Å². The number of piperidine rings is 1. The number of nitrogens with one attached hydrogen (secondary N) is 1. The summed E-state index contributed by atoms with van der Waals surface area (Å²) in [6.07, 6.45) is 12.7. The van der Waals surface area contributed by atoms with Crippen LogP contribution in [0.5, 0.6) is 0 Å². The summed E-state index contributed by atoms with van der Waals surface area (Å²) in [6.45, 7) is 11.8. The molecule has 7 heteroatoms. The first kappa shape index (κ1) is 23.4. The lowest BCUT2D eigenvalue weighted by Gasteiger charge is -2.31. The largest absolute Gasteiger partial charge is 0.381 e. The average Bonchev–Trinajstić information content (AvgIpc) is 3.56. The molecule has 0 amide bonds. The van der Waals surface area contributed by atoms with Crippen LogP contribution in [0.1, 0.15) is 61.3 Å². The lowest BCUT2D eigenvalue weighted by molar-refractivity contribution is 0.0801. The fourth-order valence-corrected chi connectivity index (χ4v) is 6.16. The van der Waals surface area contributed by atoms with Crippen LogP contribution >= 0.6 is 0 Å². The molecule has 0 radical (unpaired) electrons. The third-order valence-electron chi connectivity index (χ3n) is 8.13. The SMILES string of the molecule is CCN1CCC(n2cc(-c3c[nH]c4ncc(-c5cc(C)c(C6CCCOC6)c(C)c5)nc34)cn2)CC1. The average molecular weight is 485 g/mol. The Balaban J connectivity index is 1.30. The van der Waals surface area contributed by atoms with E-state index in [2.05, 4.69) is 53.7 Å². The molecule has 0 bridgehead atoms. The molecule has 0 saturated carbocycles. The van der Waals surface area contributed by atoms with Crippen molar-refractivity contribution >= 4 is 11.2 Å². The van der Waals surface area contributed by atoms with Gasteiger partial charge in [-0.05, 0) is 74.9 Å². The van der Waals surface area contributed by atoms with E-state index in [0.717, 1.165) is 85.7 Å². The number of aromatic nitrogens is 5. The molecule has 2 fully saturated rings. The maximum Gasteiger partial charge on any atom is 0.156 e. The van der Waals surface area contributed by atoms with Gasteiger partial charge in [0.2, 0.25) is 0 Å². The first-order chi connectivity index (χ1) is 17.6. The zero-order chi connectivity index (χ0) is 24.6. The lowest BCUT2D eigenvalue weighted by Crippen LogP contribution is -2.34. The predicted molar refractivity (Wildman–Crippen MR) is 143 cm³/mol. The molecular weight excluding hydrogens is 448 g/mol. The Hall–Kier alpha value is -3.03. The normalized spacial score (nSPS) is 19.8. The topological polar surface area (TPSA) is 71.9 Å². The molecule has 4 aromatic rings. The van der Waals surface area contributed by atoms with E-state index in [4.69, 9.17) is 19.8 Å². The van der Waals surface area contributed by atoms with Crippen LogP contribution in [0.15, 0.2) is 36.9 Å². The van der Waals surface area contributed by atoms with Crippen LogP contribution in [0.2, 0.25) is 0 Å². The zero-order valence-corrected chi connectivity index (χ0v) is 21.6. The monoisotopic (exact) mass is 484 g/mol. The van der Waals surface area contributed by atoms with Gasteiger partial charge in [0, 0.05) is 54.7 Å². The molecule has 1 unspecified atom stereocenters. The summed E-state index contributed by atoms with van der Waals surface area (Å²) in [7, 11) is 0. The minimum absolute atomic E-state index is 0.465. The summed E-state index contributed by atoms with van der Waals surface area (Å²) in [5.74, 6) is 0.489. The van der Waals surface area contributed by atoms with Crippen molar-refractivity contribution in [2.45, 2.75) is 58.4 Å². The van der Waals surface area contributed by atoms with E-state index in [0.29, 0.717) is 12.0 Å². The molecule has 1 aromatic carbocycles. The van der Waals surface area contributed by atoms with Gasteiger partial charge in [-0.3, -0.25) is 4.68 Å². The predicted octanol–water partition coefficient (Wildman–Crippen LogP) is 5.66. The third-order valence-corrected chi connectivity index (χ3v) is 8.13. The molecule has 36 heavy (non-hydrogen) atoms. The van der Waals surface area contributed by atoms with Crippen LogP contribution in [0.25, 0.3) is 33.5 Å². The van der Waals surface area contributed by atoms with Gasteiger partial charge >= 0.3 is 0 Å². The Bertz CT molecular complexity index is 1330. The maximum absolute atomic E-state index is 5.77. The smallest absolute Gasteiger partial charge is 0.156 e. The van der Waals surface area contributed by atoms with Gasteiger partial charge in [-0.15, -0.1) is 0 Å². The van der Waals surface area contributed by atoms with Crippen molar-refractivity contribution in [1.82, 2.24) is 29.6 Å². The number of hydrogen-bond acceptors (Lipinski definition) is 5. The van der Waals surface area contributed by atoms with Crippen LogP contribution in [-0.4, -0.2) is 62.5 Å². The lowest BCUT2D eigenvalue weighted by atomic mass is 9.86. The van der Waals surface area contributed by atoms with Gasteiger partial charge < -0.3 is 14.6 Å². The molecule has 1 atom stereocenters. The van der Waals surface area contributed by atoms with Gasteiger partial charge in [-0.1, -0.05) is 6.92 Å². The fourth-order valence-electron chi connectivity index (χ4n) is 6.16. The number of benzene rings is 1. The minimum atomic E-state index is 0.465.